The Morgan fingerprint density at radius 2 is 1.58 bits per heavy atom. The van der Waals surface area contributed by atoms with Crippen molar-refractivity contribution >= 4 is 25.0 Å². The van der Waals surface area contributed by atoms with Crippen LogP contribution in [-0.2, 0) is 5.41 Å². The largest absolute Gasteiger partial charge is 0.0574 e. The van der Waals surface area contributed by atoms with Crippen molar-refractivity contribution in [3.63, 3.8) is 0 Å². The molecular weight excluding hydrogens is 232 g/mol. The zero-order valence-electron chi connectivity index (χ0n) is 7.60. The van der Waals surface area contributed by atoms with E-state index in [4.69, 9.17) is 0 Å². The zero-order valence-corrected chi connectivity index (χ0v) is 10.00. The first-order chi connectivity index (χ1) is 5.54. The lowest BCUT2D eigenvalue weighted by Gasteiger charge is -2.18. The molecule has 0 aliphatic carbocycles. The Morgan fingerprint density at radius 1 is 1.08 bits per heavy atom. The second kappa shape index (κ2) is 3.84. The van der Waals surface area contributed by atoms with Crippen molar-refractivity contribution in [1.29, 1.82) is 0 Å². The molecule has 0 saturated carbocycles. The Kier molecular flexibility index (Phi) is 3.24. The predicted octanol–water partition coefficient (Wildman–Crippen LogP) is 4.39. The number of rotatable bonds is 1. The molecule has 0 aliphatic rings. The van der Waals surface area contributed by atoms with Crippen molar-refractivity contribution in [1.82, 2.24) is 0 Å². The molecule has 0 radical (unpaired) electrons. The van der Waals surface area contributed by atoms with Gasteiger partial charge in [-0.1, -0.05) is 32.9 Å². The summed E-state index contributed by atoms with van der Waals surface area (Å²) in [4.78, 5) is 1.25. The minimum atomic E-state index is 0.259. The molecule has 0 aromatic heterocycles. The van der Waals surface area contributed by atoms with Crippen LogP contribution in [0.2, 0.25) is 0 Å². The topological polar surface area (TPSA) is 0 Å². The maximum absolute atomic E-state index is 3.35. The molecule has 0 fully saturated rings. The molecule has 66 valence electrons. The molecule has 0 atom stereocenters. The SMILES string of the molecule is CC(C)(C)c1ccc(SBr)cc1. The van der Waals surface area contributed by atoms with Crippen LogP contribution in [0.3, 0.4) is 0 Å². The highest BCUT2D eigenvalue weighted by atomic mass is 79.9. The first-order valence-corrected chi connectivity index (χ1v) is 6.59. The molecule has 0 nitrogen and oxygen atoms in total. The van der Waals surface area contributed by atoms with Gasteiger partial charge in [-0.15, -0.1) is 0 Å². The molecular formula is C10H13BrS. The summed E-state index contributed by atoms with van der Waals surface area (Å²) in [6.45, 7) is 6.68. The summed E-state index contributed by atoms with van der Waals surface area (Å²) < 4.78 is 0. The van der Waals surface area contributed by atoms with Crippen molar-refractivity contribution in [2.24, 2.45) is 0 Å². The Labute approximate surface area is 86.0 Å². The lowest BCUT2D eigenvalue weighted by atomic mass is 9.87. The van der Waals surface area contributed by atoms with Crippen LogP contribution in [-0.4, -0.2) is 0 Å². The molecule has 1 aromatic carbocycles. The fourth-order valence-electron chi connectivity index (χ4n) is 1.01. The summed E-state index contributed by atoms with van der Waals surface area (Å²) in [6, 6.07) is 8.65. The van der Waals surface area contributed by atoms with Crippen molar-refractivity contribution in [2.75, 3.05) is 0 Å². The molecule has 1 aromatic rings. The van der Waals surface area contributed by atoms with E-state index in [1.54, 1.807) is 10.2 Å². The summed E-state index contributed by atoms with van der Waals surface area (Å²) in [5.74, 6) is 0. The van der Waals surface area contributed by atoms with Crippen LogP contribution in [0.1, 0.15) is 26.3 Å². The maximum atomic E-state index is 3.35. The molecule has 0 spiro atoms. The maximum Gasteiger partial charge on any atom is 0.0188 e. The van der Waals surface area contributed by atoms with Crippen LogP contribution >= 0.6 is 25.0 Å². The van der Waals surface area contributed by atoms with Gasteiger partial charge in [0.25, 0.3) is 0 Å². The molecule has 0 unspecified atom stereocenters. The lowest BCUT2D eigenvalue weighted by molar-refractivity contribution is 0.590. The second-order valence-corrected chi connectivity index (χ2v) is 5.45. The number of hydrogen-bond acceptors (Lipinski definition) is 1. The Balaban J connectivity index is 2.93. The molecule has 0 saturated heterocycles. The lowest BCUT2D eigenvalue weighted by Crippen LogP contribution is -2.10. The van der Waals surface area contributed by atoms with Crippen LogP contribution in [0.15, 0.2) is 29.2 Å². The number of halogens is 1. The normalized spacial score (nSPS) is 11.7. The van der Waals surface area contributed by atoms with Crippen LogP contribution in [0.4, 0.5) is 0 Å². The van der Waals surface area contributed by atoms with Gasteiger partial charge in [-0.25, -0.2) is 0 Å². The summed E-state index contributed by atoms with van der Waals surface area (Å²) in [5, 5.41) is 0. The first kappa shape index (κ1) is 10.1. The standard InChI is InChI=1S/C10H13BrS/c1-10(2,3)8-4-6-9(12-11)7-5-8/h4-7H,1-3H3. The van der Waals surface area contributed by atoms with Crippen LogP contribution in [0, 0.1) is 0 Å². The van der Waals surface area contributed by atoms with Crippen molar-refractivity contribution in [3.05, 3.63) is 29.8 Å². The Bertz CT molecular complexity index is 246. The molecule has 12 heavy (non-hydrogen) atoms. The zero-order chi connectivity index (χ0) is 9.19. The van der Waals surface area contributed by atoms with E-state index in [-0.39, 0.29) is 5.41 Å². The van der Waals surface area contributed by atoms with Gasteiger partial charge in [0.1, 0.15) is 0 Å². The Morgan fingerprint density at radius 3 is 1.92 bits per heavy atom. The van der Waals surface area contributed by atoms with E-state index in [1.807, 2.05) is 0 Å². The number of hydrogen-bond donors (Lipinski definition) is 0. The molecule has 0 N–H and O–H groups in total. The van der Waals surface area contributed by atoms with Crippen molar-refractivity contribution < 1.29 is 0 Å². The quantitative estimate of drug-likeness (QED) is 0.707. The second-order valence-electron chi connectivity index (χ2n) is 3.85. The van der Waals surface area contributed by atoms with Gasteiger partial charge >= 0.3 is 0 Å². The molecule has 0 aliphatic heterocycles. The Hall–Kier alpha value is 0.0500. The predicted molar refractivity (Wildman–Crippen MR) is 59.9 cm³/mol. The number of benzene rings is 1. The third kappa shape index (κ3) is 2.53. The van der Waals surface area contributed by atoms with E-state index in [9.17, 15) is 0 Å². The average Bonchev–Trinajstić information content (AvgIpc) is 2.03. The highest BCUT2D eigenvalue weighted by Crippen LogP contribution is 2.28. The van der Waals surface area contributed by atoms with Crippen LogP contribution < -0.4 is 0 Å². The molecule has 2 heteroatoms. The minimum Gasteiger partial charge on any atom is -0.0574 e. The van der Waals surface area contributed by atoms with E-state index < -0.39 is 0 Å². The summed E-state index contributed by atoms with van der Waals surface area (Å²) in [7, 11) is 1.60. The third-order valence-electron chi connectivity index (χ3n) is 1.81. The van der Waals surface area contributed by atoms with E-state index in [0.29, 0.717) is 0 Å². The van der Waals surface area contributed by atoms with E-state index in [1.165, 1.54) is 10.5 Å². The summed E-state index contributed by atoms with van der Waals surface area (Å²) >= 11 is 3.35. The fraction of sp³-hybridized carbons (Fsp3) is 0.400. The van der Waals surface area contributed by atoms with Gasteiger partial charge in [-0.2, -0.15) is 0 Å². The molecule has 0 heterocycles. The summed E-state index contributed by atoms with van der Waals surface area (Å²) in [5.41, 5.74) is 1.64. The van der Waals surface area contributed by atoms with Crippen LogP contribution in [0.5, 0.6) is 0 Å². The smallest absolute Gasteiger partial charge is 0.0188 e. The van der Waals surface area contributed by atoms with Gasteiger partial charge in [0, 0.05) is 4.90 Å². The molecule has 0 amide bonds. The molecule has 1 rings (SSSR count). The van der Waals surface area contributed by atoms with Crippen molar-refractivity contribution in [3.8, 4) is 0 Å². The minimum absolute atomic E-state index is 0.259. The monoisotopic (exact) mass is 244 g/mol. The van der Waals surface area contributed by atoms with Gasteiger partial charge in [-0.05, 0) is 48.1 Å². The van der Waals surface area contributed by atoms with Gasteiger partial charge in [0.05, 0.1) is 0 Å². The average molecular weight is 245 g/mol. The molecule has 0 bridgehead atoms. The highest BCUT2D eigenvalue weighted by Gasteiger charge is 2.12. The third-order valence-corrected chi connectivity index (χ3v) is 3.38. The van der Waals surface area contributed by atoms with Gasteiger partial charge in [0.2, 0.25) is 0 Å². The van der Waals surface area contributed by atoms with E-state index >= 15 is 0 Å². The van der Waals surface area contributed by atoms with Gasteiger partial charge in [-0.3, -0.25) is 0 Å². The van der Waals surface area contributed by atoms with Crippen molar-refractivity contribution in [2.45, 2.75) is 31.1 Å². The fourth-order valence-corrected chi connectivity index (χ4v) is 1.89. The van der Waals surface area contributed by atoms with Gasteiger partial charge in [0.15, 0.2) is 0 Å². The van der Waals surface area contributed by atoms with Crippen LogP contribution in [0.25, 0.3) is 0 Å². The van der Waals surface area contributed by atoms with Gasteiger partial charge < -0.3 is 0 Å². The summed E-state index contributed by atoms with van der Waals surface area (Å²) in [6.07, 6.45) is 0. The first-order valence-electron chi connectivity index (χ1n) is 3.93. The van der Waals surface area contributed by atoms with E-state index in [0.717, 1.165) is 0 Å². The van der Waals surface area contributed by atoms with E-state index in [2.05, 4.69) is 59.8 Å². The highest BCUT2D eigenvalue weighted by molar-refractivity contribution is 9.50.